The molecule has 0 fully saturated rings. The molecule has 0 atom stereocenters. The van der Waals surface area contributed by atoms with Gasteiger partial charge < -0.3 is 0 Å². The second-order valence-electron chi connectivity index (χ2n) is 13.1. The van der Waals surface area contributed by atoms with Crippen LogP contribution in [-0.4, -0.2) is 29.9 Å². The topological polar surface area (TPSA) is 101 Å². The molecule has 0 aliphatic rings. The maximum Gasteiger partial charge on any atom is 0.164 e. The molecule has 56 heavy (non-hydrogen) atoms. The molecule has 0 saturated carbocycles. The first-order valence-corrected chi connectivity index (χ1v) is 18.2. The van der Waals surface area contributed by atoms with Crippen LogP contribution < -0.4 is 0 Å². The Morgan fingerprint density at radius 1 is 0.250 bits per heavy atom. The van der Waals surface area contributed by atoms with Crippen LogP contribution in [0.25, 0.3) is 90.6 Å². The quantitative estimate of drug-likeness (QED) is 0.154. The van der Waals surface area contributed by atoms with Crippen LogP contribution in [0, 0.1) is 11.3 Å². The van der Waals surface area contributed by atoms with E-state index in [-0.39, 0.29) is 0 Å². The molecule has 0 unspecified atom stereocenters. The second kappa shape index (κ2) is 15.2. The van der Waals surface area contributed by atoms with E-state index < -0.39 is 0 Å². The highest BCUT2D eigenvalue weighted by atomic mass is 15.0. The average Bonchev–Trinajstić information content (AvgIpc) is 3.30. The molecule has 0 spiro atoms. The predicted molar refractivity (Wildman–Crippen MR) is 221 cm³/mol. The van der Waals surface area contributed by atoms with E-state index in [4.69, 9.17) is 29.9 Å². The van der Waals surface area contributed by atoms with Crippen molar-refractivity contribution in [2.45, 2.75) is 0 Å². The lowest BCUT2D eigenvalue weighted by Gasteiger charge is -2.11. The van der Waals surface area contributed by atoms with E-state index in [1.54, 1.807) is 12.1 Å². The molecule has 0 bridgehead atoms. The normalized spacial score (nSPS) is 10.8. The fourth-order valence-corrected chi connectivity index (χ4v) is 6.54. The van der Waals surface area contributed by atoms with Gasteiger partial charge in [0.05, 0.1) is 11.6 Å². The Hall–Kier alpha value is -7.95. The third-order valence-corrected chi connectivity index (χ3v) is 9.41. The second-order valence-corrected chi connectivity index (χ2v) is 13.1. The first-order chi connectivity index (χ1) is 27.7. The Bertz CT molecular complexity index is 2790. The van der Waals surface area contributed by atoms with E-state index in [0.29, 0.717) is 40.5 Å². The first-order valence-electron chi connectivity index (χ1n) is 18.2. The predicted octanol–water partition coefficient (Wildman–Crippen LogP) is 11.3. The Balaban J connectivity index is 1.12. The summed E-state index contributed by atoms with van der Waals surface area (Å²) in [5.74, 6) is 3.42. The van der Waals surface area contributed by atoms with Crippen LogP contribution in [0.3, 0.4) is 0 Å². The van der Waals surface area contributed by atoms with Gasteiger partial charge in [0.15, 0.2) is 34.9 Å². The summed E-state index contributed by atoms with van der Waals surface area (Å²) in [4.78, 5) is 29.7. The number of nitriles is 1. The van der Waals surface area contributed by atoms with Gasteiger partial charge in [0.25, 0.3) is 0 Å². The minimum atomic E-state index is 0.519. The van der Waals surface area contributed by atoms with E-state index in [1.807, 2.05) is 127 Å². The molecular formula is C49H31N7. The van der Waals surface area contributed by atoms with Crippen molar-refractivity contribution in [3.63, 3.8) is 0 Å². The van der Waals surface area contributed by atoms with Crippen molar-refractivity contribution in [2.24, 2.45) is 0 Å². The van der Waals surface area contributed by atoms with Gasteiger partial charge in [0, 0.05) is 33.4 Å². The average molecular weight is 718 g/mol. The summed E-state index contributed by atoms with van der Waals surface area (Å²) in [6.45, 7) is 0. The standard InChI is InChI=1S/C49H31N7/c50-32-33-25-27-37(28-26-33)46-54-48(41-22-10-19-38(29-41)34-13-4-1-5-14-34)56-49(55-46)43-24-12-21-40(31-43)39-20-11-23-42(30-39)47-52-44(35-15-6-2-7-16-35)51-45(53-47)36-17-8-3-9-18-36/h1-31H. The minimum Gasteiger partial charge on any atom is -0.208 e. The Morgan fingerprint density at radius 3 is 0.875 bits per heavy atom. The highest BCUT2D eigenvalue weighted by Crippen LogP contribution is 2.32. The molecule has 7 nitrogen and oxygen atoms in total. The third-order valence-electron chi connectivity index (χ3n) is 9.41. The molecule has 9 rings (SSSR count). The van der Waals surface area contributed by atoms with Crippen molar-refractivity contribution >= 4 is 0 Å². The van der Waals surface area contributed by atoms with Crippen LogP contribution in [0.5, 0.6) is 0 Å². The number of benzene rings is 7. The van der Waals surface area contributed by atoms with Gasteiger partial charge in [-0.1, -0.05) is 146 Å². The van der Waals surface area contributed by atoms with Crippen molar-refractivity contribution in [1.29, 1.82) is 5.26 Å². The van der Waals surface area contributed by atoms with Crippen LogP contribution in [-0.2, 0) is 0 Å². The lowest BCUT2D eigenvalue weighted by atomic mass is 10.00. The smallest absolute Gasteiger partial charge is 0.164 e. The summed E-state index contributed by atoms with van der Waals surface area (Å²) < 4.78 is 0. The van der Waals surface area contributed by atoms with Gasteiger partial charge in [0.2, 0.25) is 0 Å². The number of nitrogens with zero attached hydrogens (tertiary/aromatic N) is 7. The van der Waals surface area contributed by atoms with Gasteiger partial charge in [-0.3, -0.25) is 0 Å². The fraction of sp³-hybridized carbons (Fsp3) is 0. The molecule has 0 aliphatic carbocycles. The highest BCUT2D eigenvalue weighted by molar-refractivity contribution is 5.77. The fourth-order valence-electron chi connectivity index (χ4n) is 6.54. The van der Waals surface area contributed by atoms with Gasteiger partial charge >= 0.3 is 0 Å². The highest BCUT2D eigenvalue weighted by Gasteiger charge is 2.16. The number of hydrogen-bond donors (Lipinski definition) is 0. The van der Waals surface area contributed by atoms with Crippen molar-refractivity contribution in [2.75, 3.05) is 0 Å². The zero-order valence-corrected chi connectivity index (χ0v) is 30.0. The lowest BCUT2D eigenvalue weighted by Crippen LogP contribution is -2.01. The van der Waals surface area contributed by atoms with E-state index >= 15 is 0 Å². The Morgan fingerprint density at radius 2 is 0.518 bits per heavy atom. The van der Waals surface area contributed by atoms with Crippen LogP contribution in [0.15, 0.2) is 188 Å². The minimum absolute atomic E-state index is 0.519. The van der Waals surface area contributed by atoms with Crippen LogP contribution >= 0.6 is 0 Å². The third kappa shape index (κ3) is 7.19. The zero-order chi connectivity index (χ0) is 37.7. The molecule has 7 heteroatoms. The Labute approximate surface area is 324 Å². The molecule has 2 aromatic heterocycles. The van der Waals surface area contributed by atoms with Crippen molar-refractivity contribution < 1.29 is 0 Å². The van der Waals surface area contributed by atoms with E-state index in [2.05, 4.69) is 54.6 Å². The zero-order valence-electron chi connectivity index (χ0n) is 30.0. The van der Waals surface area contributed by atoms with Gasteiger partial charge in [-0.05, 0) is 64.7 Å². The Kier molecular flexibility index (Phi) is 9.18. The molecule has 7 aromatic carbocycles. The van der Waals surface area contributed by atoms with Crippen LogP contribution in [0.1, 0.15) is 5.56 Å². The summed E-state index contributed by atoms with van der Waals surface area (Å²) in [5, 5.41) is 9.42. The monoisotopic (exact) mass is 717 g/mol. The number of rotatable bonds is 8. The van der Waals surface area contributed by atoms with Gasteiger partial charge in [0.1, 0.15) is 0 Å². The summed E-state index contributed by atoms with van der Waals surface area (Å²) in [6, 6.07) is 64.4. The molecule has 0 aliphatic heterocycles. The van der Waals surface area contributed by atoms with E-state index in [0.717, 1.165) is 55.6 Å². The molecule has 2 heterocycles. The van der Waals surface area contributed by atoms with Gasteiger partial charge in [-0.15, -0.1) is 0 Å². The van der Waals surface area contributed by atoms with E-state index in [9.17, 15) is 5.26 Å². The SMILES string of the molecule is N#Cc1ccc(-c2nc(-c3cccc(-c4ccccc4)c3)nc(-c3cccc(-c4cccc(-c5nc(-c6ccccc6)nc(-c6ccccc6)n5)c4)c3)n2)cc1. The summed E-state index contributed by atoms with van der Waals surface area (Å²) in [6.07, 6.45) is 0. The van der Waals surface area contributed by atoms with Crippen molar-refractivity contribution in [3.8, 4) is 96.7 Å². The molecule has 0 radical (unpaired) electrons. The first kappa shape index (κ1) is 33.9. The molecule has 9 aromatic rings. The number of aromatic nitrogens is 6. The van der Waals surface area contributed by atoms with Crippen molar-refractivity contribution in [1.82, 2.24) is 29.9 Å². The molecule has 0 amide bonds. The maximum atomic E-state index is 9.42. The largest absolute Gasteiger partial charge is 0.208 e. The molecule has 0 saturated heterocycles. The van der Waals surface area contributed by atoms with Gasteiger partial charge in [-0.25, -0.2) is 29.9 Å². The molecule has 262 valence electrons. The maximum absolute atomic E-state index is 9.42. The summed E-state index contributed by atoms with van der Waals surface area (Å²) in [5.41, 5.74) is 9.92. The number of hydrogen-bond acceptors (Lipinski definition) is 7. The van der Waals surface area contributed by atoms with Gasteiger partial charge in [-0.2, -0.15) is 5.26 Å². The molecular weight excluding hydrogens is 687 g/mol. The van der Waals surface area contributed by atoms with Crippen molar-refractivity contribution in [3.05, 3.63) is 194 Å². The summed E-state index contributed by atoms with van der Waals surface area (Å²) >= 11 is 0. The lowest BCUT2D eigenvalue weighted by molar-refractivity contribution is 1.07. The summed E-state index contributed by atoms with van der Waals surface area (Å²) in [7, 11) is 0. The van der Waals surface area contributed by atoms with Crippen LogP contribution in [0.4, 0.5) is 0 Å². The molecule has 0 N–H and O–H groups in total. The van der Waals surface area contributed by atoms with E-state index in [1.165, 1.54) is 0 Å². The van der Waals surface area contributed by atoms with Crippen LogP contribution in [0.2, 0.25) is 0 Å².